The molecule has 1 aliphatic rings. The van der Waals surface area contributed by atoms with Crippen molar-refractivity contribution in [2.24, 2.45) is 5.92 Å². The van der Waals surface area contributed by atoms with Crippen LogP contribution in [0.4, 0.5) is 5.82 Å². The number of aliphatic carboxylic acids is 1. The first kappa shape index (κ1) is 11.5. The van der Waals surface area contributed by atoms with E-state index in [0.717, 1.165) is 28.9 Å². The van der Waals surface area contributed by atoms with Gasteiger partial charge in [-0.25, -0.2) is 9.78 Å². The van der Waals surface area contributed by atoms with Crippen molar-refractivity contribution in [2.75, 3.05) is 11.4 Å². The van der Waals surface area contributed by atoms with Crippen LogP contribution in [0.25, 0.3) is 10.1 Å². The van der Waals surface area contributed by atoms with E-state index >= 15 is 0 Å². The molecule has 3 heterocycles. The summed E-state index contributed by atoms with van der Waals surface area (Å²) in [7, 11) is 0. The van der Waals surface area contributed by atoms with Crippen LogP contribution in [0.2, 0.25) is 0 Å². The Bertz CT molecular complexity index is 595. The summed E-state index contributed by atoms with van der Waals surface area (Å²) < 4.78 is 1.16. The number of anilines is 1. The van der Waals surface area contributed by atoms with Crippen molar-refractivity contribution in [3.63, 3.8) is 0 Å². The molecule has 2 atom stereocenters. The van der Waals surface area contributed by atoms with Gasteiger partial charge in [-0.2, -0.15) is 0 Å². The predicted molar refractivity (Wildman–Crippen MR) is 72.2 cm³/mol. The first-order chi connectivity index (χ1) is 8.68. The maximum atomic E-state index is 11.4. The average molecular weight is 262 g/mol. The van der Waals surface area contributed by atoms with Gasteiger partial charge in [-0.3, -0.25) is 0 Å². The minimum atomic E-state index is -0.756. The molecule has 3 rings (SSSR count). The number of carbonyl (C=O) groups is 1. The number of pyridine rings is 1. The van der Waals surface area contributed by atoms with Crippen LogP contribution in [-0.2, 0) is 4.79 Å². The summed E-state index contributed by atoms with van der Waals surface area (Å²) in [6.07, 6.45) is 2.66. The van der Waals surface area contributed by atoms with Crippen LogP contribution < -0.4 is 4.90 Å². The molecule has 0 saturated carbocycles. The molecule has 0 aliphatic carbocycles. The van der Waals surface area contributed by atoms with Gasteiger partial charge in [-0.15, -0.1) is 11.3 Å². The highest BCUT2D eigenvalue weighted by atomic mass is 32.1. The van der Waals surface area contributed by atoms with Gasteiger partial charge in [0.15, 0.2) is 0 Å². The van der Waals surface area contributed by atoms with E-state index in [1.54, 1.807) is 17.5 Å². The fourth-order valence-electron chi connectivity index (χ4n) is 2.67. The van der Waals surface area contributed by atoms with E-state index in [9.17, 15) is 9.90 Å². The van der Waals surface area contributed by atoms with E-state index in [1.165, 1.54) is 0 Å². The number of hydrogen-bond donors (Lipinski definition) is 1. The number of thiophene rings is 1. The number of hydrogen-bond acceptors (Lipinski definition) is 4. The maximum Gasteiger partial charge on any atom is 0.326 e. The van der Waals surface area contributed by atoms with Crippen LogP contribution in [-0.4, -0.2) is 28.6 Å². The normalized spacial score (nSPS) is 23.7. The van der Waals surface area contributed by atoms with Crippen LogP contribution in [0.3, 0.4) is 0 Å². The zero-order valence-corrected chi connectivity index (χ0v) is 10.9. The van der Waals surface area contributed by atoms with E-state index < -0.39 is 12.0 Å². The predicted octanol–water partition coefficient (Wildman–Crippen LogP) is 2.60. The van der Waals surface area contributed by atoms with E-state index in [-0.39, 0.29) is 5.92 Å². The summed E-state index contributed by atoms with van der Waals surface area (Å²) in [5.41, 5.74) is 0. The number of aromatic nitrogens is 1. The minimum absolute atomic E-state index is 0.165. The number of carboxylic acids is 1. The van der Waals surface area contributed by atoms with E-state index in [4.69, 9.17) is 0 Å². The highest BCUT2D eigenvalue weighted by Gasteiger charge is 2.38. The lowest BCUT2D eigenvalue weighted by molar-refractivity contribution is -0.139. The van der Waals surface area contributed by atoms with Crippen molar-refractivity contribution in [2.45, 2.75) is 19.4 Å². The molecular formula is C13H14N2O2S. The molecule has 94 valence electrons. The Morgan fingerprint density at radius 3 is 3.17 bits per heavy atom. The summed E-state index contributed by atoms with van der Waals surface area (Å²) in [5.74, 6) is 0.220. The Hall–Kier alpha value is -1.62. The van der Waals surface area contributed by atoms with Gasteiger partial charge < -0.3 is 10.0 Å². The highest BCUT2D eigenvalue weighted by Crippen LogP contribution is 2.34. The second-order valence-electron chi connectivity index (χ2n) is 4.71. The fourth-order valence-corrected chi connectivity index (χ4v) is 3.45. The third-order valence-corrected chi connectivity index (χ3v) is 4.47. The number of fused-ring (bicyclic) bond motifs is 1. The average Bonchev–Trinajstić information content (AvgIpc) is 2.94. The Morgan fingerprint density at radius 2 is 2.39 bits per heavy atom. The molecular weight excluding hydrogens is 248 g/mol. The summed E-state index contributed by atoms with van der Waals surface area (Å²) in [5, 5.41) is 12.4. The lowest BCUT2D eigenvalue weighted by Gasteiger charge is -2.24. The van der Waals surface area contributed by atoms with E-state index in [0.29, 0.717) is 0 Å². The molecule has 0 spiro atoms. The quantitative estimate of drug-likeness (QED) is 0.904. The molecule has 1 N–H and O–H groups in total. The zero-order chi connectivity index (χ0) is 12.7. The summed E-state index contributed by atoms with van der Waals surface area (Å²) in [6, 6.07) is 3.53. The third kappa shape index (κ3) is 1.66. The molecule has 2 aromatic rings. The SMILES string of the molecule is CC1CCN(c2nccc3sccc23)C1C(=O)O. The van der Waals surface area contributed by atoms with Crippen LogP contribution in [0.5, 0.6) is 0 Å². The molecule has 0 radical (unpaired) electrons. The molecule has 0 bridgehead atoms. The van der Waals surface area contributed by atoms with Crippen LogP contribution in [0.1, 0.15) is 13.3 Å². The van der Waals surface area contributed by atoms with Crippen molar-refractivity contribution < 1.29 is 9.90 Å². The summed E-state index contributed by atoms with van der Waals surface area (Å²) >= 11 is 1.66. The van der Waals surface area contributed by atoms with E-state index in [1.807, 2.05) is 29.3 Å². The van der Waals surface area contributed by atoms with Gasteiger partial charge in [0, 0.05) is 22.8 Å². The molecule has 5 heteroatoms. The first-order valence-corrected chi connectivity index (χ1v) is 6.88. The second kappa shape index (κ2) is 4.24. The van der Waals surface area contributed by atoms with Crippen molar-refractivity contribution in [3.05, 3.63) is 23.7 Å². The minimum Gasteiger partial charge on any atom is -0.480 e. The van der Waals surface area contributed by atoms with Gasteiger partial charge in [0.25, 0.3) is 0 Å². The van der Waals surface area contributed by atoms with Crippen molar-refractivity contribution in [3.8, 4) is 0 Å². The molecule has 1 saturated heterocycles. The molecule has 2 aromatic heterocycles. The third-order valence-electron chi connectivity index (χ3n) is 3.58. The fraction of sp³-hybridized carbons (Fsp3) is 0.385. The van der Waals surface area contributed by atoms with Gasteiger partial charge in [0.2, 0.25) is 0 Å². The Kier molecular flexibility index (Phi) is 2.70. The maximum absolute atomic E-state index is 11.4. The number of nitrogens with zero attached hydrogens (tertiary/aromatic N) is 2. The lowest BCUT2D eigenvalue weighted by Crippen LogP contribution is -2.39. The topological polar surface area (TPSA) is 53.4 Å². The van der Waals surface area contributed by atoms with Crippen molar-refractivity contribution in [1.29, 1.82) is 0 Å². The molecule has 18 heavy (non-hydrogen) atoms. The molecule has 0 aromatic carbocycles. The molecule has 4 nitrogen and oxygen atoms in total. The number of rotatable bonds is 2. The van der Waals surface area contributed by atoms with Gasteiger partial charge >= 0.3 is 5.97 Å². The van der Waals surface area contributed by atoms with Crippen molar-refractivity contribution in [1.82, 2.24) is 4.98 Å². The standard InChI is InChI=1S/C13H14N2O2S/c1-8-3-6-15(11(8)13(16)17)12-9-4-7-18-10(9)2-5-14-12/h2,4-5,7-8,11H,3,6H2,1H3,(H,16,17). The summed E-state index contributed by atoms with van der Waals surface area (Å²) in [6.45, 7) is 2.76. The lowest BCUT2D eigenvalue weighted by atomic mass is 10.0. The molecule has 0 amide bonds. The molecule has 1 fully saturated rings. The van der Waals surface area contributed by atoms with Gasteiger partial charge in [0.1, 0.15) is 11.9 Å². The van der Waals surface area contributed by atoms with Gasteiger partial charge in [-0.05, 0) is 29.9 Å². The van der Waals surface area contributed by atoms with E-state index in [2.05, 4.69) is 4.98 Å². The van der Waals surface area contributed by atoms with Gasteiger partial charge in [0.05, 0.1) is 0 Å². The van der Waals surface area contributed by atoms with Gasteiger partial charge in [-0.1, -0.05) is 6.92 Å². The number of carboxylic acid groups (broad SMARTS) is 1. The largest absolute Gasteiger partial charge is 0.480 e. The first-order valence-electron chi connectivity index (χ1n) is 6.00. The molecule has 1 aliphatic heterocycles. The van der Waals surface area contributed by atoms with Crippen LogP contribution in [0.15, 0.2) is 23.7 Å². The zero-order valence-electron chi connectivity index (χ0n) is 10.0. The highest BCUT2D eigenvalue weighted by molar-refractivity contribution is 7.17. The van der Waals surface area contributed by atoms with Crippen LogP contribution in [0, 0.1) is 5.92 Å². The van der Waals surface area contributed by atoms with Crippen molar-refractivity contribution >= 4 is 33.2 Å². The molecule has 2 unspecified atom stereocenters. The van der Waals surface area contributed by atoms with Crippen LogP contribution >= 0.6 is 11.3 Å². The Balaban J connectivity index is 2.09. The Labute approximate surface area is 109 Å². The second-order valence-corrected chi connectivity index (χ2v) is 5.66. The summed E-state index contributed by atoms with van der Waals surface area (Å²) in [4.78, 5) is 17.7. The monoisotopic (exact) mass is 262 g/mol. The Morgan fingerprint density at radius 1 is 1.56 bits per heavy atom. The smallest absolute Gasteiger partial charge is 0.326 e.